The summed E-state index contributed by atoms with van der Waals surface area (Å²) in [4.78, 5) is 0. The Hall–Kier alpha value is -0.470. The zero-order valence-electron chi connectivity index (χ0n) is 8.60. The summed E-state index contributed by atoms with van der Waals surface area (Å²) in [6, 6.07) is -0.783. The maximum Gasteiger partial charge on any atom is 0.455 e. The van der Waals surface area contributed by atoms with E-state index in [-0.39, 0.29) is 0 Å². The molecule has 0 radical (unpaired) electrons. The predicted octanol–water partition coefficient (Wildman–Crippen LogP) is 1.30. The van der Waals surface area contributed by atoms with Crippen molar-refractivity contribution in [3.05, 3.63) is 0 Å². The molecule has 0 aromatic rings. The van der Waals surface area contributed by atoms with E-state index in [4.69, 9.17) is 10.8 Å². The Balaban J connectivity index is 4.31. The first kappa shape index (κ1) is 15.5. The minimum Gasteiger partial charge on any atom is -0.394 e. The van der Waals surface area contributed by atoms with Crippen molar-refractivity contribution in [3.8, 4) is 0 Å². The third-order valence-electron chi connectivity index (χ3n) is 2.02. The van der Waals surface area contributed by atoms with E-state index in [1.54, 1.807) is 6.92 Å². The monoisotopic (exact) mass is 251 g/mol. The van der Waals surface area contributed by atoms with Crippen LogP contribution in [0, 0.1) is 0 Å². The molecule has 16 heavy (non-hydrogen) atoms. The summed E-state index contributed by atoms with van der Waals surface area (Å²) in [7, 11) is 0. The highest BCUT2D eigenvalue weighted by atomic mass is 19.4. The fourth-order valence-electron chi connectivity index (χ4n) is 0.868. The summed E-state index contributed by atoms with van der Waals surface area (Å²) in [5.74, 6) is -4.94. The van der Waals surface area contributed by atoms with Gasteiger partial charge in [-0.05, 0) is 6.42 Å². The van der Waals surface area contributed by atoms with Gasteiger partial charge in [0, 0.05) is 6.04 Å². The van der Waals surface area contributed by atoms with E-state index in [0.29, 0.717) is 6.42 Å². The van der Waals surface area contributed by atoms with Crippen molar-refractivity contribution in [1.29, 1.82) is 0 Å². The zero-order valence-corrected chi connectivity index (χ0v) is 8.60. The van der Waals surface area contributed by atoms with Crippen LogP contribution in [-0.2, 0) is 4.74 Å². The number of nitrogens with two attached hydrogens (primary N) is 1. The van der Waals surface area contributed by atoms with Gasteiger partial charge in [0.15, 0.2) is 0 Å². The van der Waals surface area contributed by atoms with Gasteiger partial charge in [0.25, 0.3) is 0 Å². The van der Waals surface area contributed by atoms with E-state index in [1.807, 2.05) is 0 Å². The Kier molecular flexibility index (Phi) is 5.57. The number of halogens is 5. The highest BCUT2D eigenvalue weighted by molar-refractivity contribution is 4.78. The van der Waals surface area contributed by atoms with Gasteiger partial charge >= 0.3 is 12.1 Å². The molecule has 0 aromatic carbocycles. The molecule has 0 saturated heterocycles. The van der Waals surface area contributed by atoms with Crippen LogP contribution in [0.3, 0.4) is 0 Å². The van der Waals surface area contributed by atoms with Crippen LogP contribution in [0.1, 0.15) is 13.3 Å². The van der Waals surface area contributed by atoms with Crippen LogP contribution < -0.4 is 5.73 Å². The van der Waals surface area contributed by atoms with Gasteiger partial charge in [-0.3, -0.25) is 0 Å². The van der Waals surface area contributed by atoms with Crippen molar-refractivity contribution in [2.45, 2.75) is 37.6 Å². The minimum absolute atomic E-state index is 0.294. The van der Waals surface area contributed by atoms with Crippen molar-refractivity contribution in [2.24, 2.45) is 5.73 Å². The zero-order chi connectivity index (χ0) is 13.0. The van der Waals surface area contributed by atoms with E-state index in [2.05, 4.69) is 4.74 Å². The van der Waals surface area contributed by atoms with Crippen LogP contribution in [0.15, 0.2) is 0 Å². The molecule has 0 aliphatic rings. The number of aliphatic hydroxyl groups is 1. The summed E-state index contributed by atoms with van der Waals surface area (Å²) in [6.45, 7) is -0.947. The summed E-state index contributed by atoms with van der Waals surface area (Å²) < 4.78 is 64.4. The van der Waals surface area contributed by atoms with Crippen molar-refractivity contribution in [1.82, 2.24) is 0 Å². The lowest BCUT2D eigenvalue weighted by Crippen LogP contribution is -2.46. The lowest BCUT2D eigenvalue weighted by Gasteiger charge is -2.25. The van der Waals surface area contributed by atoms with E-state index >= 15 is 0 Å². The van der Waals surface area contributed by atoms with Crippen LogP contribution in [0.2, 0.25) is 0 Å². The molecule has 3 N–H and O–H groups in total. The fraction of sp³-hybridized carbons (Fsp3) is 1.00. The van der Waals surface area contributed by atoms with E-state index < -0.39 is 37.5 Å². The SMILES string of the molecule is CCC(N)C(CO)OCC(F)(F)C(F)(F)F. The number of hydrogen-bond donors (Lipinski definition) is 2. The summed E-state index contributed by atoms with van der Waals surface area (Å²) in [5.41, 5.74) is 5.35. The molecule has 2 unspecified atom stereocenters. The highest BCUT2D eigenvalue weighted by Gasteiger charge is 2.57. The Morgan fingerprint density at radius 1 is 1.25 bits per heavy atom. The normalized spacial score (nSPS) is 17.2. The minimum atomic E-state index is -5.66. The van der Waals surface area contributed by atoms with Gasteiger partial charge in [-0.2, -0.15) is 22.0 Å². The molecule has 8 heteroatoms. The topological polar surface area (TPSA) is 55.5 Å². The molecule has 0 bridgehead atoms. The van der Waals surface area contributed by atoms with Gasteiger partial charge in [0.05, 0.1) is 12.7 Å². The number of hydrogen-bond acceptors (Lipinski definition) is 3. The highest BCUT2D eigenvalue weighted by Crippen LogP contribution is 2.35. The van der Waals surface area contributed by atoms with Crippen LogP contribution in [0.4, 0.5) is 22.0 Å². The molecule has 0 rings (SSSR count). The van der Waals surface area contributed by atoms with Crippen LogP contribution >= 0.6 is 0 Å². The quantitative estimate of drug-likeness (QED) is 0.699. The molecule has 0 heterocycles. The van der Waals surface area contributed by atoms with Gasteiger partial charge in [0.1, 0.15) is 6.61 Å². The van der Waals surface area contributed by atoms with Crippen LogP contribution in [0.25, 0.3) is 0 Å². The Morgan fingerprint density at radius 3 is 2.06 bits per heavy atom. The molecule has 0 aromatic heterocycles. The molecule has 98 valence electrons. The van der Waals surface area contributed by atoms with Crippen molar-refractivity contribution < 1.29 is 31.8 Å². The van der Waals surface area contributed by atoms with Gasteiger partial charge in [0.2, 0.25) is 0 Å². The molecule has 0 saturated carbocycles. The summed E-state index contributed by atoms with van der Waals surface area (Å²) in [6.07, 6.45) is -6.59. The first-order valence-electron chi connectivity index (χ1n) is 4.58. The predicted molar refractivity (Wildman–Crippen MR) is 46.1 cm³/mol. The smallest absolute Gasteiger partial charge is 0.394 e. The van der Waals surface area contributed by atoms with Gasteiger partial charge < -0.3 is 15.6 Å². The third-order valence-corrected chi connectivity index (χ3v) is 2.02. The maximum absolute atomic E-state index is 12.4. The average molecular weight is 251 g/mol. The number of aliphatic hydroxyl groups excluding tert-OH is 1. The van der Waals surface area contributed by atoms with E-state index in [9.17, 15) is 22.0 Å². The van der Waals surface area contributed by atoms with Gasteiger partial charge in [-0.25, -0.2) is 0 Å². The summed E-state index contributed by atoms with van der Waals surface area (Å²) in [5, 5.41) is 8.70. The number of alkyl halides is 5. The second-order valence-corrected chi connectivity index (χ2v) is 3.31. The first-order valence-corrected chi connectivity index (χ1v) is 4.58. The Bertz CT molecular complexity index is 209. The Labute approximate surface area is 89.4 Å². The Morgan fingerprint density at radius 2 is 1.75 bits per heavy atom. The largest absolute Gasteiger partial charge is 0.455 e. The third kappa shape index (κ3) is 4.18. The molecule has 0 fully saturated rings. The van der Waals surface area contributed by atoms with Crippen LogP contribution in [-0.4, -0.2) is 42.6 Å². The van der Waals surface area contributed by atoms with Crippen molar-refractivity contribution >= 4 is 0 Å². The van der Waals surface area contributed by atoms with Crippen molar-refractivity contribution in [3.63, 3.8) is 0 Å². The first-order chi connectivity index (χ1) is 7.15. The van der Waals surface area contributed by atoms with Gasteiger partial charge in [-0.1, -0.05) is 6.92 Å². The van der Waals surface area contributed by atoms with E-state index in [1.165, 1.54) is 0 Å². The maximum atomic E-state index is 12.4. The molecule has 0 aliphatic heterocycles. The molecular formula is C8H14F5NO2. The van der Waals surface area contributed by atoms with Gasteiger partial charge in [-0.15, -0.1) is 0 Å². The number of rotatable bonds is 6. The van der Waals surface area contributed by atoms with Crippen molar-refractivity contribution in [2.75, 3.05) is 13.2 Å². The molecule has 2 atom stereocenters. The molecule has 3 nitrogen and oxygen atoms in total. The molecule has 0 aliphatic carbocycles. The van der Waals surface area contributed by atoms with E-state index in [0.717, 1.165) is 0 Å². The second kappa shape index (κ2) is 5.74. The summed E-state index contributed by atoms with van der Waals surface area (Å²) >= 11 is 0. The molecular weight excluding hydrogens is 237 g/mol. The average Bonchev–Trinajstić information content (AvgIpc) is 2.16. The second-order valence-electron chi connectivity index (χ2n) is 3.31. The molecule has 0 amide bonds. The lowest BCUT2D eigenvalue weighted by atomic mass is 10.1. The lowest BCUT2D eigenvalue weighted by molar-refractivity contribution is -0.301. The van der Waals surface area contributed by atoms with Crippen LogP contribution in [0.5, 0.6) is 0 Å². The molecule has 0 spiro atoms. The fourth-order valence-corrected chi connectivity index (χ4v) is 0.868. The standard InChI is InChI=1S/C8H14F5NO2/c1-2-5(14)6(3-15)16-4-7(9,10)8(11,12)13/h5-6,15H,2-4,14H2,1H3. The number of ether oxygens (including phenoxy) is 1.